The van der Waals surface area contributed by atoms with Crippen molar-refractivity contribution < 1.29 is 22.4 Å². The number of hydrogen-bond donors (Lipinski definition) is 1. The van der Waals surface area contributed by atoms with Gasteiger partial charge in [0.15, 0.2) is 0 Å². The van der Waals surface area contributed by atoms with Crippen LogP contribution in [0.1, 0.15) is 36.5 Å². The zero-order valence-electron chi connectivity index (χ0n) is 25.6. The largest absolute Gasteiger partial charge is 0.354 e. The second-order valence-corrected chi connectivity index (χ2v) is 13.6. The average molecular weight is 685 g/mol. The molecule has 0 aliphatic carbocycles. The number of carbonyl (C=O) groups is 2. The number of aryl methyl sites for hydroxylation is 1. The summed E-state index contributed by atoms with van der Waals surface area (Å²) in [5, 5.41) is 3.63. The molecule has 0 heterocycles. The van der Waals surface area contributed by atoms with Crippen molar-refractivity contribution in [3.05, 3.63) is 130 Å². The van der Waals surface area contributed by atoms with E-state index >= 15 is 0 Å². The third kappa shape index (κ3) is 9.09. The number of sulfonamides is 1. The molecule has 0 fully saturated rings. The van der Waals surface area contributed by atoms with Gasteiger partial charge in [0, 0.05) is 29.6 Å². The Morgan fingerprint density at radius 3 is 2.22 bits per heavy atom. The first-order chi connectivity index (χ1) is 22.0. The van der Waals surface area contributed by atoms with Gasteiger partial charge in [0.25, 0.3) is 10.0 Å². The lowest BCUT2D eigenvalue weighted by atomic mass is 10.0. The summed E-state index contributed by atoms with van der Waals surface area (Å²) in [7, 11) is -4.30. The number of carbonyl (C=O) groups excluding carboxylic acids is 2. The summed E-state index contributed by atoms with van der Waals surface area (Å²) < 4.78 is 43.0. The lowest BCUT2D eigenvalue weighted by molar-refractivity contribution is -0.140. The molecule has 0 aromatic heterocycles. The van der Waals surface area contributed by atoms with Crippen molar-refractivity contribution in [2.24, 2.45) is 0 Å². The monoisotopic (exact) mass is 683 g/mol. The molecule has 7 nitrogen and oxygen atoms in total. The predicted molar refractivity (Wildman–Crippen MR) is 181 cm³/mol. The highest BCUT2D eigenvalue weighted by Crippen LogP contribution is 2.27. The molecule has 11 heteroatoms. The summed E-state index contributed by atoms with van der Waals surface area (Å²) in [4.78, 5) is 29.6. The number of nitrogens with zero attached hydrogens (tertiary/aromatic N) is 2. The number of halogens is 3. The van der Waals surface area contributed by atoms with Crippen LogP contribution >= 0.6 is 23.2 Å². The number of amides is 2. The Morgan fingerprint density at radius 2 is 1.59 bits per heavy atom. The summed E-state index contributed by atoms with van der Waals surface area (Å²) in [6.45, 7) is 3.48. The van der Waals surface area contributed by atoms with Crippen LogP contribution in [0.4, 0.5) is 10.1 Å². The zero-order valence-corrected chi connectivity index (χ0v) is 28.0. The second kappa shape index (κ2) is 16.1. The van der Waals surface area contributed by atoms with Crippen LogP contribution in [0, 0.1) is 12.7 Å². The van der Waals surface area contributed by atoms with Gasteiger partial charge in [0.2, 0.25) is 11.8 Å². The van der Waals surface area contributed by atoms with E-state index in [0.717, 1.165) is 40.4 Å². The van der Waals surface area contributed by atoms with Gasteiger partial charge in [0.1, 0.15) is 18.4 Å². The van der Waals surface area contributed by atoms with Gasteiger partial charge in [-0.3, -0.25) is 13.9 Å². The summed E-state index contributed by atoms with van der Waals surface area (Å²) in [5.41, 5.74) is 2.27. The molecule has 0 unspecified atom stereocenters. The van der Waals surface area contributed by atoms with Crippen molar-refractivity contribution >= 4 is 50.7 Å². The smallest absolute Gasteiger partial charge is 0.264 e. The SMILES string of the molecule is CCCCNC(=O)[C@@H](Cc1ccccc1)N(Cc1ccc(Cl)cc1Cl)C(=O)CN(c1ccc(F)cc1)S(=O)(=O)c1ccc(C)cc1. The van der Waals surface area contributed by atoms with E-state index in [4.69, 9.17) is 23.2 Å². The fraction of sp³-hybridized carbons (Fsp3) is 0.257. The number of hydrogen-bond acceptors (Lipinski definition) is 4. The maximum Gasteiger partial charge on any atom is 0.264 e. The van der Waals surface area contributed by atoms with E-state index in [2.05, 4.69) is 5.32 Å². The first-order valence-corrected chi connectivity index (χ1v) is 17.1. The molecular formula is C35H36Cl2FN3O4S. The maximum absolute atomic E-state index is 14.5. The predicted octanol–water partition coefficient (Wildman–Crippen LogP) is 7.19. The van der Waals surface area contributed by atoms with E-state index in [9.17, 15) is 22.4 Å². The molecule has 4 rings (SSSR count). The quantitative estimate of drug-likeness (QED) is 0.143. The summed E-state index contributed by atoms with van der Waals surface area (Å²) >= 11 is 12.7. The lowest BCUT2D eigenvalue weighted by Gasteiger charge is -2.34. The highest BCUT2D eigenvalue weighted by Gasteiger charge is 2.35. The van der Waals surface area contributed by atoms with E-state index in [0.29, 0.717) is 17.1 Å². The van der Waals surface area contributed by atoms with Crippen LogP contribution in [0.2, 0.25) is 10.0 Å². The van der Waals surface area contributed by atoms with Crippen LogP contribution in [0.15, 0.2) is 102 Å². The number of rotatable bonds is 14. The summed E-state index contributed by atoms with van der Waals surface area (Å²) in [6.07, 6.45) is 1.76. The van der Waals surface area contributed by atoms with E-state index < -0.39 is 34.3 Å². The molecule has 0 saturated carbocycles. The maximum atomic E-state index is 14.5. The molecule has 0 saturated heterocycles. The van der Waals surface area contributed by atoms with E-state index in [1.807, 2.05) is 44.2 Å². The fourth-order valence-corrected chi connectivity index (χ4v) is 6.75. The molecule has 4 aromatic carbocycles. The Morgan fingerprint density at radius 1 is 0.913 bits per heavy atom. The lowest BCUT2D eigenvalue weighted by Crippen LogP contribution is -2.53. The highest BCUT2D eigenvalue weighted by atomic mass is 35.5. The molecule has 0 aliphatic heterocycles. The van der Waals surface area contributed by atoms with Crippen LogP contribution in [-0.4, -0.2) is 44.3 Å². The molecule has 2 amide bonds. The fourth-order valence-electron chi connectivity index (χ4n) is 4.87. The van der Waals surface area contributed by atoms with Crippen LogP contribution < -0.4 is 9.62 Å². The van der Waals surface area contributed by atoms with E-state index in [1.165, 1.54) is 29.2 Å². The molecule has 4 aromatic rings. The van der Waals surface area contributed by atoms with Crippen LogP contribution in [0.3, 0.4) is 0 Å². The van der Waals surface area contributed by atoms with Gasteiger partial charge in [-0.05, 0) is 73.0 Å². The van der Waals surface area contributed by atoms with Crippen LogP contribution in [0.5, 0.6) is 0 Å². The normalized spacial score (nSPS) is 11.9. The third-order valence-electron chi connectivity index (χ3n) is 7.46. The molecule has 0 aliphatic rings. The second-order valence-electron chi connectivity index (χ2n) is 10.9. The first-order valence-electron chi connectivity index (χ1n) is 14.9. The standard InChI is InChI=1S/C35H36Cl2FN3O4S/c1-3-4-20-39-35(43)33(21-26-8-6-5-7-9-26)40(23-27-12-13-28(36)22-32(27)37)34(42)24-41(30-16-14-29(38)15-17-30)46(44,45)31-18-10-25(2)11-19-31/h5-19,22,33H,3-4,20-21,23-24H2,1-2H3,(H,39,43)/t33-/m1/s1. The van der Waals surface area contributed by atoms with Gasteiger partial charge in [-0.1, -0.05) is 90.6 Å². The third-order valence-corrected chi connectivity index (χ3v) is 9.83. The number of nitrogens with one attached hydrogen (secondary N) is 1. The molecule has 1 atom stereocenters. The molecule has 46 heavy (non-hydrogen) atoms. The van der Waals surface area contributed by atoms with Gasteiger partial charge >= 0.3 is 0 Å². The topological polar surface area (TPSA) is 86.8 Å². The zero-order chi connectivity index (χ0) is 33.3. The Labute approximate surface area is 280 Å². The molecule has 242 valence electrons. The number of benzene rings is 4. The molecule has 0 radical (unpaired) electrons. The Balaban J connectivity index is 1.80. The Bertz CT molecular complexity index is 1740. The number of anilines is 1. The van der Waals surface area contributed by atoms with Crippen LogP contribution in [0.25, 0.3) is 0 Å². The van der Waals surface area contributed by atoms with Crippen molar-refractivity contribution in [2.75, 3.05) is 17.4 Å². The van der Waals surface area contributed by atoms with Gasteiger partial charge in [-0.15, -0.1) is 0 Å². The molecular weight excluding hydrogens is 648 g/mol. The minimum atomic E-state index is -4.30. The van der Waals surface area contributed by atoms with Gasteiger partial charge in [0.05, 0.1) is 10.6 Å². The molecule has 0 bridgehead atoms. The van der Waals surface area contributed by atoms with Gasteiger partial charge in [-0.2, -0.15) is 0 Å². The van der Waals surface area contributed by atoms with Crippen molar-refractivity contribution in [3.63, 3.8) is 0 Å². The average Bonchev–Trinajstić information content (AvgIpc) is 3.03. The van der Waals surface area contributed by atoms with Crippen molar-refractivity contribution in [3.8, 4) is 0 Å². The summed E-state index contributed by atoms with van der Waals surface area (Å²) in [5.74, 6) is -1.60. The van der Waals surface area contributed by atoms with E-state index in [-0.39, 0.29) is 34.5 Å². The van der Waals surface area contributed by atoms with Crippen molar-refractivity contribution in [1.29, 1.82) is 0 Å². The molecule has 1 N–H and O–H groups in total. The molecule has 0 spiro atoms. The Hall–Kier alpha value is -3.92. The van der Waals surface area contributed by atoms with Crippen molar-refractivity contribution in [1.82, 2.24) is 10.2 Å². The van der Waals surface area contributed by atoms with Gasteiger partial charge in [-0.25, -0.2) is 12.8 Å². The van der Waals surface area contributed by atoms with Crippen molar-refractivity contribution in [2.45, 2.75) is 50.6 Å². The summed E-state index contributed by atoms with van der Waals surface area (Å²) in [6, 6.07) is 24.1. The van der Waals surface area contributed by atoms with Crippen LogP contribution in [-0.2, 0) is 32.6 Å². The highest BCUT2D eigenvalue weighted by molar-refractivity contribution is 7.92. The minimum Gasteiger partial charge on any atom is -0.354 e. The Kier molecular flexibility index (Phi) is 12.2. The number of unbranched alkanes of at least 4 members (excludes halogenated alkanes) is 1. The van der Waals surface area contributed by atoms with E-state index in [1.54, 1.807) is 30.3 Å². The minimum absolute atomic E-state index is 0.0411. The van der Waals surface area contributed by atoms with Gasteiger partial charge < -0.3 is 10.2 Å². The first kappa shape index (κ1) is 34.9.